The van der Waals surface area contributed by atoms with E-state index in [2.05, 4.69) is 21.2 Å². The fourth-order valence-electron chi connectivity index (χ4n) is 3.86. The Kier molecular flexibility index (Phi) is 4.90. The number of benzene rings is 1. The molecule has 2 heterocycles. The fraction of sp³-hybridized carbons (Fsp3) is 0.562. The van der Waals surface area contributed by atoms with E-state index in [4.69, 9.17) is 4.74 Å². The van der Waals surface area contributed by atoms with Crippen molar-refractivity contribution < 1.29 is 17.9 Å². The lowest BCUT2D eigenvalue weighted by Gasteiger charge is -2.37. The van der Waals surface area contributed by atoms with Gasteiger partial charge in [0.15, 0.2) is 0 Å². The van der Waals surface area contributed by atoms with Gasteiger partial charge >= 0.3 is 0 Å². The summed E-state index contributed by atoms with van der Waals surface area (Å²) in [6.45, 7) is 0. The highest BCUT2D eigenvalue weighted by Gasteiger charge is 2.45. The minimum absolute atomic E-state index is 0.00204. The van der Waals surface area contributed by atoms with Crippen molar-refractivity contribution in [2.75, 3.05) is 13.4 Å². The molecule has 1 aromatic rings. The maximum atomic E-state index is 12.6. The first-order valence-corrected chi connectivity index (χ1v) is 10.6. The number of sulfonamides is 1. The summed E-state index contributed by atoms with van der Waals surface area (Å²) in [6.07, 6.45) is 4.33. The monoisotopic (exact) mass is 416 g/mol. The Bertz CT molecular complexity index is 738. The van der Waals surface area contributed by atoms with Gasteiger partial charge in [0.1, 0.15) is 5.75 Å². The summed E-state index contributed by atoms with van der Waals surface area (Å²) >= 11 is 3.39. The number of piperidine rings is 1. The van der Waals surface area contributed by atoms with E-state index in [1.165, 1.54) is 6.26 Å². The van der Waals surface area contributed by atoms with Crippen LogP contribution in [0.1, 0.15) is 36.0 Å². The van der Waals surface area contributed by atoms with Crippen LogP contribution in [-0.4, -0.2) is 50.1 Å². The summed E-state index contributed by atoms with van der Waals surface area (Å²) in [5.41, 5.74) is 0.521. The van der Waals surface area contributed by atoms with Crippen LogP contribution < -0.4 is 10.1 Å². The van der Waals surface area contributed by atoms with Gasteiger partial charge in [0.2, 0.25) is 10.0 Å². The molecule has 2 saturated heterocycles. The standard InChI is InChI=1S/C16H21BrN2O4S/c1-23-13-5-6-15(17)14(9-13)16(20)18-10-7-11-3-4-12(8-10)19(11)24(2,21)22/h5-6,9-12H,3-4,7-8H2,1-2H3,(H,18,20)/t10?,11-,12+. The molecule has 0 spiro atoms. The Morgan fingerprint density at radius 2 is 1.92 bits per heavy atom. The number of amides is 1. The Labute approximate surface area is 150 Å². The van der Waals surface area contributed by atoms with Gasteiger partial charge in [-0.1, -0.05) is 0 Å². The topological polar surface area (TPSA) is 75.7 Å². The van der Waals surface area contributed by atoms with Crippen LogP contribution in [0.3, 0.4) is 0 Å². The molecule has 132 valence electrons. The third-order valence-corrected chi connectivity index (χ3v) is 6.86. The molecular formula is C16H21BrN2O4S. The molecule has 0 radical (unpaired) electrons. The summed E-state index contributed by atoms with van der Waals surface area (Å²) in [5, 5.41) is 3.05. The van der Waals surface area contributed by atoms with Gasteiger partial charge in [-0.05, 0) is 59.8 Å². The van der Waals surface area contributed by atoms with Crippen molar-refractivity contribution in [1.82, 2.24) is 9.62 Å². The van der Waals surface area contributed by atoms with E-state index in [1.807, 2.05) is 0 Å². The van der Waals surface area contributed by atoms with E-state index < -0.39 is 10.0 Å². The maximum Gasteiger partial charge on any atom is 0.252 e. The van der Waals surface area contributed by atoms with Crippen LogP contribution >= 0.6 is 15.9 Å². The maximum absolute atomic E-state index is 12.6. The molecule has 8 heteroatoms. The molecule has 3 atom stereocenters. The molecule has 6 nitrogen and oxygen atoms in total. The number of carbonyl (C=O) groups is 1. The number of fused-ring (bicyclic) bond motifs is 2. The molecule has 3 rings (SSSR count). The predicted molar refractivity (Wildman–Crippen MR) is 94.7 cm³/mol. The molecule has 0 saturated carbocycles. The Balaban J connectivity index is 1.71. The van der Waals surface area contributed by atoms with Crippen LogP contribution in [0.2, 0.25) is 0 Å². The van der Waals surface area contributed by atoms with Crippen molar-refractivity contribution in [1.29, 1.82) is 0 Å². The van der Waals surface area contributed by atoms with E-state index in [0.717, 1.165) is 12.8 Å². The van der Waals surface area contributed by atoms with Crippen LogP contribution in [-0.2, 0) is 10.0 Å². The van der Waals surface area contributed by atoms with Crippen LogP contribution in [0, 0.1) is 0 Å². The van der Waals surface area contributed by atoms with E-state index in [-0.39, 0.29) is 24.0 Å². The SMILES string of the molecule is COc1ccc(Br)c(C(=O)NC2C[C@H]3CC[C@@H](C2)N3S(C)(=O)=O)c1. The number of methoxy groups -OCH3 is 1. The number of carbonyl (C=O) groups excluding carboxylic acids is 1. The molecule has 0 aliphatic carbocycles. The molecule has 2 aliphatic heterocycles. The first-order chi connectivity index (χ1) is 11.3. The molecule has 2 fully saturated rings. The highest BCUT2D eigenvalue weighted by atomic mass is 79.9. The zero-order chi connectivity index (χ0) is 17.5. The van der Waals surface area contributed by atoms with Crippen molar-refractivity contribution >= 4 is 31.9 Å². The van der Waals surface area contributed by atoms with Crippen LogP contribution in [0.15, 0.2) is 22.7 Å². The molecule has 24 heavy (non-hydrogen) atoms. The number of halogens is 1. The molecule has 1 unspecified atom stereocenters. The highest BCUT2D eigenvalue weighted by molar-refractivity contribution is 9.10. The fourth-order valence-corrected chi connectivity index (χ4v) is 5.75. The van der Waals surface area contributed by atoms with Crippen molar-refractivity contribution in [3.63, 3.8) is 0 Å². The average molecular weight is 417 g/mol. The second-order valence-corrected chi connectivity index (χ2v) is 9.21. The molecule has 2 bridgehead atoms. The van der Waals surface area contributed by atoms with Crippen LogP contribution in [0.4, 0.5) is 0 Å². The zero-order valence-electron chi connectivity index (χ0n) is 13.7. The van der Waals surface area contributed by atoms with Gasteiger partial charge in [0.25, 0.3) is 5.91 Å². The third kappa shape index (κ3) is 3.45. The van der Waals surface area contributed by atoms with Crippen molar-refractivity contribution in [2.45, 2.75) is 43.8 Å². The smallest absolute Gasteiger partial charge is 0.252 e. The summed E-state index contributed by atoms with van der Waals surface area (Å²) in [5.74, 6) is 0.452. The van der Waals surface area contributed by atoms with Crippen LogP contribution in [0.5, 0.6) is 5.75 Å². The number of ether oxygens (including phenoxy) is 1. The third-order valence-electron chi connectivity index (χ3n) is 4.80. The zero-order valence-corrected chi connectivity index (χ0v) is 16.1. The quantitative estimate of drug-likeness (QED) is 0.815. The number of nitrogens with zero attached hydrogens (tertiary/aromatic N) is 1. The average Bonchev–Trinajstić information content (AvgIpc) is 2.80. The number of hydrogen-bond acceptors (Lipinski definition) is 4. The van der Waals surface area contributed by atoms with Gasteiger partial charge in [-0.2, -0.15) is 4.31 Å². The van der Waals surface area contributed by atoms with Crippen molar-refractivity contribution in [2.24, 2.45) is 0 Å². The van der Waals surface area contributed by atoms with Crippen molar-refractivity contribution in [3.05, 3.63) is 28.2 Å². The van der Waals surface area contributed by atoms with Crippen molar-refractivity contribution in [3.8, 4) is 5.75 Å². The molecule has 1 amide bonds. The highest BCUT2D eigenvalue weighted by Crippen LogP contribution is 2.37. The van der Waals surface area contributed by atoms with E-state index in [1.54, 1.807) is 29.6 Å². The van der Waals surface area contributed by atoms with Crippen LogP contribution in [0.25, 0.3) is 0 Å². The van der Waals surface area contributed by atoms with Gasteiger partial charge in [-0.15, -0.1) is 0 Å². The van der Waals surface area contributed by atoms with Gasteiger partial charge < -0.3 is 10.1 Å². The van der Waals surface area contributed by atoms with Gasteiger partial charge in [0, 0.05) is 22.6 Å². The number of hydrogen-bond donors (Lipinski definition) is 1. The minimum Gasteiger partial charge on any atom is -0.497 e. The number of rotatable bonds is 4. The lowest BCUT2D eigenvalue weighted by Crippen LogP contribution is -2.52. The van der Waals surface area contributed by atoms with Gasteiger partial charge in [-0.25, -0.2) is 8.42 Å². The van der Waals surface area contributed by atoms with Gasteiger partial charge in [0.05, 0.1) is 18.9 Å². The molecular weight excluding hydrogens is 396 g/mol. The molecule has 1 N–H and O–H groups in total. The van der Waals surface area contributed by atoms with E-state index >= 15 is 0 Å². The Morgan fingerprint density at radius 3 is 2.46 bits per heavy atom. The largest absolute Gasteiger partial charge is 0.497 e. The summed E-state index contributed by atoms with van der Waals surface area (Å²) in [7, 11) is -1.63. The molecule has 1 aromatic carbocycles. The first-order valence-electron chi connectivity index (χ1n) is 7.92. The lowest BCUT2D eigenvalue weighted by atomic mass is 9.99. The summed E-state index contributed by atoms with van der Waals surface area (Å²) in [4.78, 5) is 12.6. The first kappa shape index (κ1) is 17.7. The van der Waals surface area contributed by atoms with E-state index in [0.29, 0.717) is 28.6 Å². The molecule has 0 aromatic heterocycles. The Hall–Kier alpha value is -1.12. The van der Waals surface area contributed by atoms with Gasteiger partial charge in [-0.3, -0.25) is 4.79 Å². The molecule has 2 aliphatic rings. The second-order valence-electron chi connectivity index (χ2n) is 6.47. The summed E-state index contributed by atoms with van der Waals surface area (Å²) in [6, 6.07) is 5.25. The second kappa shape index (κ2) is 6.65. The predicted octanol–water partition coefficient (Wildman–Crippen LogP) is 2.14. The van der Waals surface area contributed by atoms with E-state index in [9.17, 15) is 13.2 Å². The minimum atomic E-state index is -3.18. The Morgan fingerprint density at radius 1 is 1.29 bits per heavy atom. The normalized spacial score (nSPS) is 27.0. The number of nitrogens with one attached hydrogen (secondary N) is 1. The summed E-state index contributed by atoms with van der Waals surface area (Å²) < 4.78 is 31.4. The lowest BCUT2D eigenvalue weighted by molar-refractivity contribution is 0.0908.